The zero-order valence-corrected chi connectivity index (χ0v) is 10.4. The molecule has 0 saturated carbocycles. The average molecular weight is 236 g/mol. The molecule has 0 aliphatic carbocycles. The highest BCUT2D eigenvalue weighted by atomic mass is 32.1. The minimum absolute atomic E-state index is 0.396. The van der Waals surface area contributed by atoms with Gasteiger partial charge in [-0.1, -0.05) is 0 Å². The molecule has 1 N–H and O–H groups in total. The lowest BCUT2D eigenvalue weighted by Gasteiger charge is -2.12. The van der Waals surface area contributed by atoms with Gasteiger partial charge < -0.3 is 5.32 Å². The Kier molecular flexibility index (Phi) is 3.69. The monoisotopic (exact) mass is 236 g/mol. The van der Waals surface area contributed by atoms with Crippen molar-refractivity contribution in [1.82, 2.24) is 20.1 Å². The number of rotatable bonds is 5. The molecule has 0 spiro atoms. The smallest absolute Gasteiger partial charge is 0.0794 e. The normalized spacial score (nSPS) is 12.9. The summed E-state index contributed by atoms with van der Waals surface area (Å²) in [6.07, 6.45) is 8.05. The summed E-state index contributed by atoms with van der Waals surface area (Å²) in [6.45, 7) is 0. The molecular formula is C11H16N4S. The van der Waals surface area contributed by atoms with E-state index in [1.54, 1.807) is 11.3 Å². The van der Waals surface area contributed by atoms with Crippen LogP contribution >= 0.6 is 11.3 Å². The van der Waals surface area contributed by atoms with E-state index in [0.29, 0.717) is 6.04 Å². The van der Waals surface area contributed by atoms with Crippen LogP contribution in [0.3, 0.4) is 0 Å². The van der Waals surface area contributed by atoms with E-state index in [1.165, 1.54) is 10.4 Å². The number of thiazole rings is 1. The third-order valence-electron chi connectivity index (χ3n) is 2.62. The van der Waals surface area contributed by atoms with Crippen molar-refractivity contribution in [2.45, 2.75) is 18.9 Å². The Morgan fingerprint density at radius 2 is 2.38 bits per heavy atom. The molecule has 0 fully saturated rings. The van der Waals surface area contributed by atoms with Crippen molar-refractivity contribution in [3.63, 3.8) is 0 Å². The molecule has 1 unspecified atom stereocenters. The maximum Gasteiger partial charge on any atom is 0.0794 e. The number of nitrogens with zero attached hydrogens (tertiary/aromatic N) is 3. The van der Waals surface area contributed by atoms with E-state index in [9.17, 15) is 0 Å². The average Bonchev–Trinajstić information content (AvgIpc) is 2.91. The third kappa shape index (κ3) is 2.68. The van der Waals surface area contributed by atoms with Gasteiger partial charge in [0, 0.05) is 30.4 Å². The van der Waals surface area contributed by atoms with E-state index in [1.807, 2.05) is 36.7 Å². The van der Waals surface area contributed by atoms with Crippen molar-refractivity contribution < 1.29 is 0 Å². The molecule has 0 bridgehead atoms. The first-order chi connectivity index (χ1) is 7.79. The van der Waals surface area contributed by atoms with Gasteiger partial charge in [0.1, 0.15) is 0 Å². The van der Waals surface area contributed by atoms with Gasteiger partial charge >= 0.3 is 0 Å². The van der Waals surface area contributed by atoms with Crippen molar-refractivity contribution in [2.24, 2.45) is 7.05 Å². The first-order valence-corrected chi connectivity index (χ1v) is 6.20. The largest absolute Gasteiger partial charge is 0.312 e. The lowest BCUT2D eigenvalue weighted by molar-refractivity contribution is 0.557. The number of hydrogen-bond acceptors (Lipinski definition) is 4. The maximum absolute atomic E-state index is 4.17. The van der Waals surface area contributed by atoms with Gasteiger partial charge in [-0.25, -0.2) is 0 Å². The first-order valence-electron chi connectivity index (χ1n) is 5.33. The van der Waals surface area contributed by atoms with Crippen molar-refractivity contribution in [2.75, 3.05) is 7.05 Å². The molecule has 0 aromatic carbocycles. The van der Waals surface area contributed by atoms with Crippen molar-refractivity contribution in [3.05, 3.63) is 34.5 Å². The van der Waals surface area contributed by atoms with E-state index in [0.717, 1.165) is 12.8 Å². The molecule has 4 nitrogen and oxygen atoms in total. The highest BCUT2D eigenvalue weighted by molar-refractivity contribution is 7.09. The van der Waals surface area contributed by atoms with Gasteiger partial charge in [-0.15, -0.1) is 11.3 Å². The van der Waals surface area contributed by atoms with Gasteiger partial charge in [0.25, 0.3) is 0 Å². The minimum atomic E-state index is 0.396. The third-order valence-corrected chi connectivity index (χ3v) is 3.51. The quantitative estimate of drug-likeness (QED) is 0.860. The Bertz CT molecular complexity index is 421. The molecule has 0 radical (unpaired) electrons. The summed E-state index contributed by atoms with van der Waals surface area (Å²) < 4.78 is 1.84. The number of aromatic nitrogens is 3. The van der Waals surface area contributed by atoms with Gasteiger partial charge in [0.15, 0.2) is 0 Å². The van der Waals surface area contributed by atoms with Crippen LogP contribution in [0, 0.1) is 0 Å². The molecule has 2 aromatic rings. The zero-order valence-electron chi connectivity index (χ0n) is 9.55. The number of hydrogen-bond donors (Lipinski definition) is 1. The molecular weight excluding hydrogens is 220 g/mol. The molecule has 86 valence electrons. The fraction of sp³-hybridized carbons (Fsp3) is 0.455. The Morgan fingerprint density at radius 3 is 2.94 bits per heavy atom. The second-order valence-corrected chi connectivity index (χ2v) is 4.72. The standard InChI is InChI=1S/C11H16N4S/c1-12-10(11-6-13-8-16-11)4-3-9-5-14-15(2)7-9/h5-8,10,12H,3-4H2,1-2H3. The summed E-state index contributed by atoms with van der Waals surface area (Å²) in [6, 6.07) is 0.396. The van der Waals surface area contributed by atoms with Crippen LogP contribution < -0.4 is 5.32 Å². The topological polar surface area (TPSA) is 42.7 Å². The zero-order chi connectivity index (χ0) is 11.4. The molecule has 2 aromatic heterocycles. The Hall–Kier alpha value is -1.20. The predicted octanol–water partition coefficient (Wildman–Crippen LogP) is 1.77. The summed E-state index contributed by atoms with van der Waals surface area (Å²) in [5.74, 6) is 0. The molecule has 0 aliphatic heterocycles. The molecule has 0 aliphatic rings. The Labute approximate surface area is 99.3 Å². The molecule has 2 rings (SSSR count). The van der Waals surface area contributed by atoms with Crippen LogP contribution in [0.4, 0.5) is 0 Å². The van der Waals surface area contributed by atoms with E-state index < -0.39 is 0 Å². The molecule has 0 amide bonds. The number of nitrogens with one attached hydrogen (secondary N) is 1. The lowest BCUT2D eigenvalue weighted by atomic mass is 10.1. The van der Waals surface area contributed by atoms with Gasteiger partial charge in [0.2, 0.25) is 0 Å². The molecule has 0 saturated heterocycles. The van der Waals surface area contributed by atoms with Crippen LogP contribution in [-0.2, 0) is 13.5 Å². The first kappa shape index (κ1) is 11.3. The summed E-state index contributed by atoms with van der Waals surface area (Å²) in [5.41, 5.74) is 3.16. The molecule has 5 heteroatoms. The van der Waals surface area contributed by atoms with Crippen LogP contribution in [0.2, 0.25) is 0 Å². The maximum atomic E-state index is 4.17. The van der Waals surface area contributed by atoms with Gasteiger partial charge in [-0.2, -0.15) is 5.10 Å². The van der Waals surface area contributed by atoms with Crippen LogP contribution in [0.15, 0.2) is 24.1 Å². The summed E-state index contributed by atoms with van der Waals surface area (Å²) in [7, 11) is 3.94. The second-order valence-electron chi connectivity index (χ2n) is 3.81. The van der Waals surface area contributed by atoms with E-state index in [-0.39, 0.29) is 0 Å². The Balaban J connectivity index is 1.93. The number of aryl methyl sites for hydroxylation is 2. The fourth-order valence-corrected chi connectivity index (χ4v) is 2.50. The SMILES string of the molecule is CNC(CCc1cnn(C)c1)c1cncs1. The van der Waals surface area contributed by atoms with E-state index in [4.69, 9.17) is 0 Å². The fourth-order valence-electron chi connectivity index (χ4n) is 1.74. The van der Waals surface area contributed by atoms with Crippen molar-refractivity contribution in [1.29, 1.82) is 0 Å². The Morgan fingerprint density at radius 1 is 1.50 bits per heavy atom. The highest BCUT2D eigenvalue weighted by Gasteiger charge is 2.11. The molecule has 16 heavy (non-hydrogen) atoms. The highest BCUT2D eigenvalue weighted by Crippen LogP contribution is 2.21. The van der Waals surface area contributed by atoms with Crippen LogP contribution in [0.1, 0.15) is 22.9 Å². The van der Waals surface area contributed by atoms with Crippen LogP contribution in [0.25, 0.3) is 0 Å². The second kappa shape index (κ2) is 5.23. The van der Waals surface area contributed by atoms with E-state index >= 15 is 0 Å². The van der Waals surface area contributed by atoms with Gasteiger partial charge in [-0.3, -0.25) is 9.67 Å². The summed E-state index contributed by atoms with van der Waals surface area (Å²) >= 11 is 1.70. The minimum Gasteiger partial charge on any atom is -0.312 e. The molecule has 1 atom stereocenters. The van der Waals surface area contributed by atoms with Gasteiger partial charge in [-0.05, 0) is 25.5 Å². The van der Waals surface area contributed by atoms with Crippen LogP contribution in [-0.4, -0.2) is 21.8 Å². The van der Waals surface area contributed by atoms with E-state index in [2.05, 4.69) is 21.6 Å². The predicted molar refractivity (Wildman–Crippen MR) is 65.4 cm³/mol. The van der Waals surface area contributed by atoms with Crippen molar-refractivity contribution in [3.8, 4) is 0 Å². The summed E-state index contributed by atoms with van der Waals surface area (Å²) in [5, 5.41) is 7.49. The molecule has 2 heterocycles. The van der Waals surface area contributed by atoms with Crippen LogP contribution in [0.5, 0.6) is 0 Å². The lowest BCUT2D eigenvalue weighted by Crippen LogP contribution is -2.15. The van der Waals surface area contributed by atoms with Crippen molar-refractivity contribution >= 4 is 11.3 Å². The van der Waals surface area contributed by atoms with Gasteiger partial charge in [0.05, 0.1) is 11.7 Å². The summed E-state index contributed by atoms with van der Waals surface area (Å²) in [4.78, 5) is 5.41.